The highest BCUT2D eigenvalue weighted by atomic mass is 32.1. The van der Waals surface area contributed by atoms with Gasteiger partial charge in [-0.2, -0.15) is 0 Å². The molecule has 1 heterocycles. The number of hydrogen-bond acceptors (Lipinski definition) is 3. The maximum atomic E-state index is 13.5. The van der Waals surface area contributed by atoms with Crippen molar-refractivity contribution in [3.63, 3.8) is 0 Å². The van der Waals surface area contributed by atoms with Gasteiger partial charge < -0.3 is 10.6 Å². The third-order valence-corrected chi connectivity index (χ3v) is 4.30. The van der Waals surface area contributed by atoms with E-state index in [9.17, 15) is 8.78 Å². The number of benzene rings is 1. The number of aliphatic imine (C=N–C) groups is 1. The first-order valence-electron chi connectivity index (χ1n) is 7.44. The minimum absolute atomic E-state index is 0.347. The number of hydrogen-bond donors (Lipinski definition) is 2. The van der Waals surface area contributed by atoms with Gasteiger partial charge in [0, 0.05) is 19.0 Å². The molecular weight excluding hydrogens is 318 g/mol. The molecule has 0 bridgehead atoms. The Morgan fingerprint density at radius 1 is 1.30 bits per heavy atom. The minimum Gasteiger partial charge on any atom is -0.356 e. The first kappa shape index (κ1) is 17.3. The van der Waals surface area contributed by atoms with Gasteiger partial charge in [-0.25, -0.2) is 13.8 Å². The van der Waals surface area contributed by atoms with Gasteiger partial charge in [-0.05, 0) is 36.6 Å². The lowest BCUT2D eigenvalue weighted by molar-refractivity contribution is 0.583. The summed E-state index contributed by atoms with van der Waals surface area (Å²) in [6, 6.07) is 3.48. The van der Waals surface area contributed by atoms with Gasteiger partial charge >= 0.3 is 0 Å². The van der Waals surface area contributed by atoms with Crippen LogP contribution in [0, 0.1) is 11.6 Å². The van der Waals surface area contributed by atoms with E-state index in [1.807, 2.05) is 5.38 Å². The third kappa shape index (κ3) is 5.28. The van der Waals surface area contributed by atoms with E-state index in [1.54, 1.807) is 18.4 Å². The largest absolute Gasteiger partial charge is 0.356 e. The van der Waals surface area contributed by atoms with Crippen molar-refractivity contribution in [2.75, 3.05) is 13.6 Å². The first-order chi connectivity index (χ1) is 11.1. The number of aryl methyl sites for hydroxylation is 1. The Balaban J connectivity index is 1.80. The molecule has 1 aromatic heterocycles. The number of aromatic nitrogens is 1. The van der Waals surface area contributed by atoms with Crippen molar-refractivity contribution in [3.8, 4) is 0 Å². The summed E-state index contributed by atoms with van der Waals surface area (Å²) in [7, 11) is 1.66. The van der Waals surface area contributed by atoms with Crippen LogP contribution in [0.3, 0.4) is 0 Å². The highest BCUT2D eigenvalue weighted by molar-refractivity contribution is 7.09. The monoisotopic (exact) mass is 338 g/mol. The number of thiazole rings is 1. The predicted octanol–water partition coefficient (Wildman–Crippen LogP) is 2.89. The van der Waals surface area contributed by atoms with Crippen molar-refractivity contribution in [3.05, 3.63) is 51.5 Å². The molecule has 0 unspecified atom stereocenters. The molecule has 7 heteroatoms. The van der Waals surface area contributed by atoms with Gasteiger partial charge in [-0.15, -0.1) is 11.3 Å². The summed E-state index contributed by atoms with van der Waals surface area (Å²) in [4.78, 5) is 8.57. The van der Waals surface area contributed by atoms with Crippen LogP contribution in [0.25, 0.3) is 0 Å². The van der Waals surface area contributed by atoms with Gasteiger partial charge in [0.25, 0.3) is 0 Å². The second-order valence-corrected chi connectivity index (χ2v) is 5.87. The summed E-state index contributed by atoms with van der Waals surface area (Å²) in [6.45, 7) is 3.10. The van der Waals surface area contributed by atoms with Crippen LogP contribution >= 0.6 is 11.3 Å². The summed E-state index contributed by atoms with van der Waals surface area (Å²) in [5.74, 6) is -0.224. The summed E-state index contributed by atoms with van der Waals surface area (Å²) in [6.07, 6.45) is 1.30. The number of guanidine groups is 1. The van der Waals surface area contributed by atoms with Gasteiger partial charge in [0.1, 0.15) is 11.6 Å². The Bertz CT molecular complexity index is 670. The minimum atomic E-state index is -0.431. The molecule has 2 N–H and O–H groups in total. The fourth-order valence-corrected chi connectivity index (χ4v) is 2.78. The van der Waals surface area contributed by atoms with Gasteiger partial charge in [-0.3, -0.25) is 4.99 Å². The molecule has 0 radical (unpaired) electrons. The van der Waals surface area contributed by atoms with E-state index >= 15 is 0 Å². The Kier molecular flexibility index (Phi) is 6.46. The number of nitrogens with zero attached hydrogens (tertiary/aromatic N) is 2. The average Bonchev–Trinajstić information content (AvgIpc) is 3.02. The van der Waals surface area contributed by atoms with Crippen molar-refractivity contribution in [1.29, 1.82) is 0 Å². The van der Waals surface area contributed by atoms with E-state index in [4.69, 9.17) is 0 Å². The highest BCUT2D eigenvalue weighted by Gasteiger charge is 2.05. The molecule has 4 nitrogen and oxygen atoms in total. The molecule has 2 rings (SSSR count). The molecule has 23 heavy (non-hydrogen) atoms. The van der Waals surface area contributed by atoms with E-state index in [0.29, 0.717) is 31.0 Å². The van der Waals surface area contributed by atoms with E-state index in [-0.39, 0.29) is 0 Å². The Morgan fingerprint density at radius 2 is 2.13 bits per heavy atom. The van der Waals surface area contributed by atoms with Crippen LogP contribution in [-0.4, -0.2) is 24.5 Å². The van der Waals surface area contributed by atoms with E-state index in [2.05, 4.69) is 27.5 Å². The highest BCUT2D eigenvalue weighted by Crippen LogP contribution is 2.10. The number of nitrogens with one attached hydrogen (secondary N) is 2. The Morgan fingerprint density at radius 3 is 2.83 bits per heavy atom. The quantitative estimate of drug-likeness (QED) is 0.629. The molecule has 0 aliphatic rings. The predicted molar refractivity (Wildman–Crippen MR) is 89.8 cm³/mol. The smallest absolute Gasteiger partial charge is 0.191 e. The van der Waals surface area contributed by atoms with Crippen LogP contribution in [0.15, 0.2) is 28.6 Å². The normalized spacial score (nSPS) is 11.6. The number of rotatable bonds is 6. The summed E-state index contributed by atoms with van der Waals surface area (Å²) in [5, 5.41) is 9.35. The second kappa shape index (κ2) is 8.57. The van der Waals surface area contributed by atoms with Gasteiger partial charge in [0.15, 0.2) is 5.96 Å². The van der Waals surface area contributed by atoms with Crippen LogP contribution in [-0.2, 0) is 19.4 Å². The maximum Gasteiger partial charge on any atom is 0.191 e. The van der Waals surface area contributed by atoms with Crippen molar-refractivity contribution in [2.24, 2.45) is 4.99 Å². The molecule has 0 spiro atoms. The molecule has 0 aliphatic carbocycles. The zero-order chi connectivity index (χ0) is 16.7. The first-order valence-corrected chi connectivity index (χ1v) is 8.32. The third-order valence-electron chi connectivity index (χ3n) is 3.26. The summed E-state index contributed by atoms with van der Waals surface area (Å²) >= 11 is 1.64. The molecular formula is C16H20F2N4S. The average molecular weight is 338 g/mol. The lowest BCUT2D eigenvalue weighted by Crippen LogP contribution is -2.38. The molecule has 0 aliphatic heterocycles. The Labute approximate surface area is 138 Å². The SMILES string of the molecule is CCc1nc(CNC(=NC)NCCc2cc(F)ccc2F)cs1. The van der Waals surface area contributed by atoms with E-state index < -0.39 is 11.6 Å². The van der Waals surface area contributed by atoms with Crippen molar-refractivity contribution in [2.45, 2.75) is 26.3 Å². The lowest BCUT2D eigenvalue weighted by atomic mass is 10.1. The van der Waals surface area contributed by atoms with Crippen LogP contribution in [0.2, 0.25) is 0 Å². The zero-order valence-corrected chi connectivity index (χ0v) is 14.0. The van der Waals surface area contributed by atoms with Gasteiger partial charge in [-0.1, -0.05) is 6.92 Å². The van der Waals surface area contributed by atoms with Crippen LogP contribution in [0.5, 0.6) is 0 Å². The van der Waals surface area contributed by atoms with Crippen molar-refractivity contribution in [1.82, 2.24) is 15.6 Å². The molecule has 0 fully saturated rings. The second-order valence-electron chi connectivity index (χ2n) is 4.92. The van der Waals surface area contributed by atoms with Crippen LogP contribution in [0.4, 0.5) is 8.78 Å². The van der Waals surface area contributed by atoms with Crippen molar-refractivity contribution >= 4 is 17.3 Å². The molecule has 124 valence electrons. The van der Waals surface area contributed by atoms with Crippen LogP contribution < -0.4 is 10.6 Å². The topological polar surface area (TPSA) is 49.3 Å². The standard InChI is InChI=1S/C16H20F2N4S/c1-3-15-22-13(10-23-15)9-21-16(19-2)20-7-6-11-8-12(17)4-5-14(11)18/h4-5,8,10H,3,6-7,9H2,1-2H3,(H2,19,20,21). The van der Waals surface area contributed by atoms with Gasteiger partial charge in [0.05, 0.1) is 17.2 Å². The molecule has 0 saturated heterocycles. The fraction of sp³-hybridized carbons (Fsp3) is 0.375. The zero-order valence-electron chi connectivity index (χ0n) is 13.2. The molecule has 0 atom stereocenters. The molecule has 1 aromatic carbocycles. The Hall–Kier alpha value is -2.02. The lowest BCUT2D eigenvalue weighted by Gasteiger charge is -2.11. The fourth-order valence-electron chi connectivity index (χ4n) is 2.04. The molecule has 2 aromatic rings. The maximum absolute atomic E-state index is 13.5. The van der Waals surface area contributed by atoms with Crippen LogP contribution in [0.1, 0.15) is 23.2 Å². The number of halogens is 2. The molecule has 0 amide bonds. The van der Waals surface area contributed by atoms with Crippen molar-refractivity contribution < 1.29 is 8.78 Å². The van der Waals surface area contributed by atoms with Gasteiger partial charge in [0.2, 0.25) is 0 Å². The molecule has 0 saturated carbocycles. The summed E-state index contributed by atoms with van der Waals surface area (Å²) < 4.78 is 26.6. The summed E-state index contributed by atoms with van der Waals surface area (Å²) in [5.41, 5.74) is 1.31. The van der Waals surface area contributed by atoms with E-state index in [1.165, 1.54) is 6.07 Å². The van der Waals surface area contributed by atoms with E-state index in [0.717, 1.165) is 29.3 Å².